The molecule has 0 amide bonds. The van der Waals surface area contributed by atoms with Crippen LogP contribution in [0.5, 0.6) is 0 Å². The van der Waals surface area contributed by atoms with Crippen LogP contribution in [0.1, 0.15) is 71.6 Å². The average Bonchev–Trinajstić information content (AvgIpc) is 2.99. The second-order valence-corrected chi connectivity index (χ2v) is 4.79. The molecule has 0 spiro atoms. The van der Waals surface area contributed by atoms with E-state index in [1.165, 1.54) is 57.8 Å². The smallest absolute Gasteiger partial charge is 0.0133 e. The fourth-order valence-corrected chi connectivity index (χ4v) is 2.05. The zero-order valence-corrected chi connectivity index (χ0v) is 10.0. The van der Waals surface area contributed by atoms with Crippen LogP contribution >= 0.6 is 0 Å². The van der Waals surface area contributed by atoms with Gasteiger partial charge in [0.1, 0.15) is 0 Å². The van der Waals surface area contributed by atoms with Gasteiger partial charge in [-0.25, -0.2) is 0 Å². The molecule has 0 aromatic heterocycles. The van der Waals surface area contributed by atoms with E-state index in [1.807, 2.05) is 0 Å². The van der Waals surface area contributed by atoms with Crippen molar-refractivity contribution in [2.75, 3.05) is 0 Å². The van der Waals surface area contributed by atoms with Gasteiger partial charge in [-0.3, -0.25) is 0 Å². The third-order valence-electron chi connectivity index (χ3n) is 3.31. The Morgan fingerprint density at radius 3 is 2.21 bits per heavy atom. The Morgan fingerprint density at radius 2 is 1.64 bits per heavy atom. The first-order chi connectivity index (χ1) is 6.84. The molecule has 0 heterocycles. The van der Waals surface area contributed by atoms with Crippen molar-refractivity contribution < 1.29 is 0 Å². The molecule has 1 aliphatic carbocycles. The molecule has 1 aliphatic rings. The van der Waals surface area contributed by atoms with Gasteiger partial charge >= 0.3 is 0 Å². The van der Waals surface area contributed by atoms with E-state index in [-0.39, 0.29) is 0 Å². The highest BCUT2D eigenvalue weighted by Gasteiger charge is 2.14. The number of unbranched alkanes of at least 4 members (excludes halogenated alkanes) is 6. The second-order valence-electron chi connectivity index (χ2n) is 4.79. The largest absolute Gasteiger partial charge is 0.0807 e. The van der Waals surface area contributed by atoms with Crippen LogP contribution in [0.25, 0.3) is 0 Å². The van der Waals surface area contributed by atoms with E-state index in [1.54, 1.807) is 5.57 Å². The summed E-state index contributed by atoms with van der Waals surface area (Å²) in [4.78, 5) is 0. The number of rotatable bonds is 9. The van der Waals surface area contributed by atoms with Crippen molar-refractivity contribution in [3.8, 4) is 0 Å². The predicted octanol–water partition coefficient (Wildman–Crippen LogP) is 5.09. The van der Waals surface area contributed by atoms with Gasteiger partial charge < -0.3 is 0 Å². The first kappa shape index (κ1) is 11.8. The van der Waals surface area contributed by atoms with Gasteiger partial charge in [0.05, 0.1) is 0 Å². The van der Waals surface area contributed by atoms with Gasteiger partial charge in [-0.15, -0.1) is 0 Å². The zero-order valence-electron chi connectivity index (χ0n) is 10.0. The van der Waals surface area contributed by atoms with Crippen molar-refractivity contribution in [1.29, 1.82) is 0 Å². The maximum atomic E-state index is 2.38. The van der Waals surface area contributed by atoms with E-state index in [0.29, 0.717) is 0 Å². The van der Waals surface area contributed by atoms with Crippen LogP contribution < -0.4 is 0 Å². The van der Waals surface area contributed by atoms with E-state index in [2.05, 4.69) is 19.9 Å². The summed E-state index contributed by atoms with van der Waals surface area (Å²) in [6.07, 6.45) is 15.2. The standard InChI is InChI=1S/C14H26/c1-3-4-5-6-7-8-9-10-13(2)14-11-12-14/h11,13H,3-10,12H2,1-2H3. The first-order valence-electron chi connectivity index (χ1n) is 6.53. The van der Waals surface area contributed by atoms with Gasteiger partial charge in [-0.05, 0) is 18.8 Å². The molecule has 1 unspecified atom stereocenters. The fraction of sp³-hybridized carbons (Fsp3) is 0.857. The lowest BCUT2D eigenvalue weighted by atomic mass is 9.99. The third kappa shape index (κ3) is 5.47. The number of allylic oxidation sites excluding steroid dienone is 2. The highest BCUT2D eigenvalue weighted by molar-refractivity contribution is 5.23. The Labute approximate surface area is 89.8 Å². The maximum Gasteiger partial charge on any atom is -0.0133 e. The summed E-state index contributed by atoms with van der Waals surface area (Å²) >= 11 is 0. The molecule has 0 bridgehead atoms. The summed E-state index contributed by atoms with van der Waals surface area (Å²) in [5.74, 6) is 0.894. The fourth-order valence-electron chi connectivity index (χ4n) is 2.05. The SMILES string of the molecule is CCCCCCCCCC(C)C1=CC1. The van der Waals surface area contributed by atoms with Gasteiger partial charge in [0.25, 0.3) is 0 Å². The molecule has 0 fully saturated rings. The minimum atomic E-state index is 0.894. The van der Waals surface area contributed by atoms with Crippen LogP contribution in [-0.2, 0) is 0 Å². The molecule has 1 atom stereocenters. The predicted molar refractivity (Wildman–Crippen MR) is 64.5 cm³/mol. The molecule has 82 valence electrons. The molecule has 0 radical (unpaired) electrons. The Bertz CT molecular complexity index is 167. The lowest BCUT2D eigenvalue weighted by Crippen LogP contribution is -1.91. The van der Waals surface area contributed by atoms with Crippen LogP contribution in [0.2, 0.25) is 0 Å². The molecule has 0 saturated heterocycles. The molecular weight excluding hydrogens is 168 g/mol. The van der Waals surface area contributed by atoms with Gasteiger partial charge in [0, 0.05) is 0 Å². The highest BCUT2D eigenvalue weighted by atomic mass is 14.2. The van der Waals surface area contributed by atoms with Crippen LogP contribution in [0.15, 0.2) is 11.6 Å². The van der Waals surface area contributed by atoms with Gasteiger partial charge in [0.15, 0.2) is 0 Å². The topological polar surface area (TPSA) is 0 Å². The molecule has 0 N–H and O–H groups in total. The summed E-state index contributed by atoms with van der Waals surface area (Å²) in [6, 6.07) is 0. The highest BCUT2D eigenvalue weighted by Crippen LogP contribution is 2.30. The summed E-state index contributed by atoms with van der Waals surface area (Å²) in [5, 5.41) is 0. The van der Waals surface area contributed by atoms with Crippen LogP contribution in [-0.4, -0.2) is 0 Å². The third-order valence-corrected chi connectivity index (χ3v) is 3.31. The van der Waals surface area contributed by atoms with Crippen molar-refractivity contribution in [3.63, 3.8) is 0 Å². The van der Waals surface area contributed by atoms with E-state index < -0.39 is 0 Å². The maximum absolute atomic E-state index is 2.38. The molecule has 0 aromatic carbocycles. The van der Waals surface area contributed by atoms with Crippen molar-refractivity contribution >= 4 is 0 Å². The van der Waals surface area contributed by atoms with Crippen LogP contribution in [0.4, 0.5) is 0 Å². The molecule has 0 saturated carbocycles. The van der Waals surface area contributed by atoms with E-state index in [0.717, 1.165) is 5.92 Å². The molecule has 0 aliphatic heterocycles. The molecule has 0 heteroatoms. The zero-order chi connectivity index (χ0) is 10.2. The van der Waals surface area contributed by atoms with Crippen molar-refractivity contribution in [1.82, 2.24) is 0 Å². The van der Waals surface area contributed by atoms with Crippen LogP contribution in [0, 0.1) is 5.92 Å². The Hall–Kier alpha value is -0.260. The van der Waals surface area contributed by atoms with Crippen LogP contribution in [0.3, 0.4) is 0 Å². The molecule has 14 heavy (non-hydrogen) atoms. The molecule has 1 rings (SSSR count). The number of hydrogen-bond acceptors (Lipinski definition) is 0. The normalized spacial score (nSPS) is 16.6. The lowest BCUT2D eigenvalue weighted by Gasteiger charge is -2.06. The Balaban J connectivity index is 1.77. The second kappa shape index (κ2) is 7.09. The minimum absolute atomic E-state index is 0.894. The summed E-state index contributed by atoms with van der Waals surface area (Å²) in [5.41, 5.74) is 1.72. The minimum Gasteiger partial charge on any atom is -0.0807 e. The Morgan fingerprint density at radius 1 is 1.07 bits per heavy atom. The van der Waals surface area contributed by atoms with Crippen molar-refractivity contribution in [2.45, 2.75) is 71.6 Å². The van der Waals surface area contributed by atoms with Gasteiger partial charge in [-0.2, -0.15) is 0 Å². The van der Waals surface area contributed by atoms with Gasteiger partial charge in [-0.1, -0.05) is 70.4 Å². The summed E-state index contributed by atoms with van der Waals surface area (Å²) in [6.45, 7) is 4.67. The van der Waals surface area contributed by atoms with Crippen molar-refractivity contribution in [3.05, 3.63) is 11.6 Å². The van der Waals surface area contributed by atoms with E-state index in [9.17, 15) is 0 Å². The summed E-state index contributed by atoms with van der Waals surface area (Å²) < 4.78 is 0. The first-order valence-corrected chi connectivity index (χ1v) is 6.53. The van der Waals surface area contributed by atoms with Gasteiger partial charge in [0.2, 0.25) is 0 Å². The lowest BCUT2D eigenvalue weighted by molar-refractivity contribution is 0.530. The molecule has 0 aromatic rings. The van der Waals surface area contributed by atoms with Crippen molar-refractivity contribution in [2.24, 2.45) is 5.92 Å². The summed E-state index contributed by atoms with van der Waals surface area (Å²) in [7, 11) is 0. The monoisotopic (exact) mass is 194 g/mol. The number of hydrogen-bond donors (Lipinski definition) is 0. The molecule has 0 nitrogen and oxygen atoms in total. The quantitative estimate of drug-likeness (QED) is 0.354. The molecular formula is C14H26. The average molecular weight is 194 g/mol. The van der Waals surface area contributed by atoms with E-state index >= 15 is 0 Å². The van der Waals surface area contributed by atoms with E-state index in [4.69, 9.17) is 0 Å². The Kier molecular flexibility index (Phi) is 5.98.